The van der Waals surface area contributed by atoms with Crippen molar-refractivity contribution in [3.8, 4) is 0 Å². The molecule has 0 fully saturated rings. The second-order valence-electron chi connectivity index (χ2n) is 5.71. The summed E-state index contributed by atoms with van der Waals surface area (Å²) in [6, 6.07) is 3.97. The zero-order valence-electron chi connectivity index (χ0n) is 12.8. The van der Waals surface area contributed by atoms with E-state index in [9.17, 15) is 5.11 Å². The SMILES string of the molecule is COCc1nc(CCc2cccnc2)n(CC(C)(C)O)n1. The van der Waals surface area contributed by atoms with E-state index >= 15 is 0 Å². The fourth-order valence-corrected chi connectivity index (χ4v) is 2.10. The van der Waals surface area contributed by atoms with Crippen molar-refractivity contribution in [3.63, 3.8) is 0 Å². The van der Waals surface area contributed by atoms with Crippen molar-refractivity contribution in [2.45, 2.75) is 45.4 Å². The van der Waals surface area contributed by atoms with Crippen molar-refractivity contribution < 1.29 is 9.84 Å². The van der Waals surface area contributed by atoms with Gasteiger partial charge in [-0.2, -0.15) is 5.10 Å². The predicted octanol–water partition coefficient (Wildman–Crippen LogP) is 1.38. The monoisotopic (exact) mass is 290 g/mol. The highest BCUT2D eigenvalue weighted by atomic mass is 16.5. The van der Waals surface area contributed by atoms with Crippen molar-refractivity contribution in [2.75, 3.05) is 7.11 Å². The molecular weight excluding hydrogens is 268 g/mol. The third-order valence-corrected chi connectivity index (χ3v) is 2.96. The summed E-state index contributed by atoms with van der Waals surface area (Å²) in [5.41, 5.74) is 0.324. The van der Waals surface area contributed by atoms with E-state index in [-0.39, 0.29) is 0 Å². The number of hydrogen-bond donors (Lipinski definition) is 1. The van der Waals surface area contributed by atoms with Gasteiger partial charge in [0.05, 0.1) is 12.1 Å². The van der Waals surface area contributed by atoms with Gasteiger partial charge in [-0.1, -0.05) is 6.07 Å². The molecule has 6 nitrogen and oxygen atoms in total. The molecule has 2 aromatic heterocycles. The summed E-state index contributed by atoms with van der Waals surface area (Å²) in [7, 11) is 1.62. The molecule has 0 unspecified atom stereocenters. The van der Waals surface area contributed by atoms with Crippen molar-refractivity contribution in [2.24, 2.45) is 0 Å². The molecule has 2 aromatic rings. The average molecular weight is 290 g/mol. The number of hydrogen-bond acceptors (Lipinski definition) is 5. The number of aliphatic hydroxyl groups is 1. The zero-order chi connectivity index (χ0) is 15.3. The molecule has 0 bridgehead atoms. The lowest BCUT2D eigenvalue weighted by Crippen LogP contribution is -2.28. The molecule has 114 valence electrons. The van der Waals surface area contributed by atoms with Crippen LogP contribution in [0.5, 0.6) is 0 Å². The molecule has 0 aliphatic heterocycles. The van der Waals surface area contributed by atoms with E-state index in [2.05, 4.69) is 15.1 Å². The van der Waals surface area contributed by atoms with Gasteiger partial charge in [0.15, 0.2) is 5.82 Å². The Morgan fingerprint density at radius 3 is 2.76 bits per heavy atom. The maximum Gasteiger partial charge on any atom is 0.176 e. The summed E-state index contributed by atoms with van der Waals surface area (Å²) in [6.45, 7) is 4.30. The van der Waals surface area contributed by atoms with Crippen LogP contribution in [0.4, 0.5) is 0 Å². The number of pyridine rings is 1. The Bertz CT molecular complexity index is 561. The largest absolute Gasteiger partial charge is 0.389 e. The van der Waals surface area contributed by atoms with Gasteiger partial charge >= 0.3 is 0 Å². The third kappa shape index (κ3) is 4.91. The van der Waals surface area contributed by atoms with Crippen LogP contribution in [0.25, 0.3) is 0 Å². The maximum absolute atomic E-state index is 9.99. The molecule has 0 radical (unpaired) electrons. The van der Waals surface area contributed by atoms with Gasteiger partial charge in [-0.3, -0.25) is 4.98 Å². The van der Waals surface area contributed by atoms with Crippen LogP contribution in [-0.4, -0.2) is 37.6 Å². The van der Waals surface area contributed by atoms with Crippen molar-refractivity contribution in [1.82, 2.24) is 19.7 Å². The Hall–Kier alpha value is -1.79. The van der Waals surface area contributed by atoms with Crippen LogP contribution in [0.2, 0.25) is 0 Å². The van der Waals surface area contributed by atoms with Crippen LogP contribution in [0.15, 0.2) is 24.5 Å². The molecule has 21 heavy (non-hydrogen) atoms. The Morgan fingerprint density at radius 1 is 1.33 bits per heavy atom. The first-order valence-corrected chi connectivity index (χ1v) is 7.01. The molecule has 1 N–H and O–H groups in total. The third-order valence-electron chi connectivity index (χ3n) is 2.96. The smallest absolute Gasteiger partial charge is 0.176 e. The van der Waals surface area contributed by atoms with Crippen LogP contribution in [-0.2, 0) is 30.7 Å². The van der Waals surface area contributed by atoms with Crippen molar-refractivity contribution >= 4 is 0 Å². The first-order chi connectivity index (χ1) is 9.98. The summed E-state index contributed by atoms with van der Waals surface area (Å²) in [5, 5.41) is 14.4. The maximum atomic E-state index is 9.99. The van der Waals surface area contributed by atoms with E-state index in [1.807, 2.05) is 18.3 Å². The summed E-state index contributed by atoms with van der Waals surface area (Å²) in [4.78, 5) is 8.61. The van der Waals surface area contributed by atoms with Crippen LogP contribution in [0.3, 0.4) is 0 Å². The fourth-order valence-electron chi connectivity index (χ4n) is 2.10. The number of ether oxygens (including phenoxy) is 1. The highest BCUT2D eigenvalue weighted by molar-refractivity contribution is 5.10. The van der Waals surface area contributed by atoms with Crippen LogP contribution < -0.4 is 0 Å². The number of rotatable bonds is 7. The number of aromatic nitrogens is 4. The quantitative estimate of drug-likeness (QED) is 0.834. The van der Waals surface area contributed by atoms with Gasteiger partial charge in [0.25, 0.3) is 0 Å². The average Bonchev–Trinajstić information content (AvgIpc) is 2.78. The minimum Gasteiger partial charge on any atom is -0.389 e. The fraction of sp³-hybridized carbons (Fsp3) is 0.533. The van der Waals surface area contributed by atoms with Gasteiger partial charge in [-0.25, -0.2) is 9.67 Å². The molecule has 0 aliphatic rings. The minimum atomic E-state index is -0.832. The molecule has 0 saturated carbocycles. The van der Waals surface area contributed by atoms with Gasteiger partial charge in [-0.15, -0.1) is 0 Å². The summed E-state index contributed by atoms with van der Waals surface area (Å²) < 4.78 is 6.85. The lowest BCUT2D eigenvalue weighted by Gasteiger charge is -2.17. The lowest BCUT2D eigenvalue weighted by atomic mass is 10.1. The molecule has 0 aromatic carbocycles. The normalized spacial score (nSPS) is 11.8. The molecule has 0 atom stereocenters. The second-order valence-corrected chi connectivity index (χ2v) is 5.71. The molecule has 0 spiro atoms. The minimum absolute atomic E-state index is 0.374. The highest BCUT2D eigenvalue weighted by Gasteiger charge is 2.18. The molecule has 0 amide bonds. The Balaban J connectivity index is 2.12. The topological polar surface area (TPSA) is 73.1 Å². The summed E-state index contributed by atoms with van der Waals surface area (Å²) in [6.07, 6.45) is 5.20. The highest BCUT2D eigenvalue weighted by Crippen LogP contribution is 2.11. The van der Waals surface area contributed by atoms with Crippen molar-refractivity contribution in [1.29, 1.82) is 0 Å². The van der Waals surface area contributed by atoms with Crippen LogP contribution in [0.1, 0.15) is 31.1 Å². The second kappa shape index (κ2) is 6.78. The lowest BCUT2D eigenvalue weighted by molar-refractivity contribution is 0.0563. The van der Waals surface area contributed by atoms with E-state index in [1.54, 1.807) is 31.8 Å². The van der Waals surface area contributed by atoms with E-state index < -0.39 is 5.60 Å². The Kier molecular flexibility index (Phi) is 5.03. The standard InChI is InChI=1S/C15H22N4O2/c1-15(2,20)11-19-14(17-13(18-19)10-21-3)7-6-12-5-4-8-16-9-12/h4-5,8-9,20H,6-7,10-11H2,1-3H3. The van der Waals surface area contributed by atoms with Crippen LogP contribution in [0, 0.1) is 0 Å². The van der Waals surface area contributed by atoms with Gasteiger partial charge in [0.2, 0.25) is 0 Å². The van der Waals surface area contributed by atoms with Gasteiger partial charge < -0.3 is 9.84 Å². The van der Waals surface area contributed by atoms with Gasteiger partial charge in [-0.05, 0) is 31.9 Å². The van der Waals surface area contributed by atoms with Gasteiger partial charge in [0, 0.05) is 25.9 Å². The van der Waals surface area contributed by atoms with Crippen molar-refractivity contribution in [3.05, 3.63) is 41.7 Å². The number of nitrogens with zero attached hydrogens (tertiary/aromatic N) is 4. The summed E-state index contributed by atoms with van der Waals surface area (Å²) in [5.74, 6) is 1.50. The molecule has 0 aliphatic carbocycles. The molecule has 2 heterocycles. The number of aryl methyl sites for hydroxylation is 2. The van der Waals surface area contributed by atoms with E-state index in [4.69, 9.17) is 4.74 Å². The Labute approximate surface area is 124 Å². The molecule has 6 heteroatoms. The molecular formula is C15H22N4O2. The zero-order valence-corrected chi connectivity index (χ0v) is 12.8. The van der Waals surface area contributed by atoms with Gasteiger partial charge in [0.1, 0.15) is 12.4 Å². The first kappa shape index (κ1) is 15.6. The van der Waals surface area contributed by atoms with E-state index in [1.165, 1.54) is 0 Å². The predicted molar refractivity (Wildman–Crippen MR) is 78.7 cm³/mol. The molecule has 0 saturated heterocycles. The Morgan fingerprint density at radius 2 is 2.14 bits per heavy atom. The van der Waals surface area contributed by atoms with E-state index in [0.29, 0.717) is 19.0 Å². The summed E-state index contributed by atoms with van der Waals surface area (Å²) >= 11 is 0. The van der Waals surface area contributed by atoms with E-state index in [0.717, 1.165) is 24.2 Å². The molecule has 2 rings (SSSR count). The number of methoxy groups -OCH3 is 1. The van der Waals surface area contributed by atoms with Crippen LogP contribution >= 0.6 is 0 Å². The first-order valence-electron chi connectivity index (χ1n) is 7.01.